The number of carbonyl (C=O) groups is 1. The molecule has 0 bridgehead atoms. The van der Waals surface area contributed by atoms with Crippen LogP contribution in [0.4, 0.5) is 5.69 Å². The van der Waals surface area contributed by atoms with E-state index in [-0.39, 0.29) is 5.91 Å². The number of hydrogen-bond acceptors (Lipinski definition) is 2. The Hall–Kier alpha value is -2.20. The lowest BCUT2D eigenvalue weighted by Gasteiger charge is -2.29. The molecule has 0 spiro atoms. The van der Waals surface area contributed by atoms with Crippen LogP contribution in [0.5, 0.6) is 0 Å². The van der Waals surface area contributed by atoms with Crippen molar-refractivity contribution in [3.05, 3.63) is 65.2 Å². The maximum Gasteiger partial charge on any atom is 0.227 e. The average Bonchev–Trinajstić information content (AvgIpc) is 2.50. The fraction of sp³-hybridized carbons (Fsp3) is 0.176. The van der Waals surface area contributed by atoms with Crippen molar-refractivity contribution in [1.82, 2.24) is 0 Å². The molecule has 0 atom stereocenters. The van der Waals surface area contributed by atoms with Crippen molar-refractivity contribution in [1.29, 1.82) is 0 Å². The summed E-state index contributed by atoms with van der Waals surface area (Å²) >= 11 is 5.01. The van der Waals surface area contributed by atoms with Gasteiger partial charge in [-0.2, -0.15) is 0 Å². The molecule has 0 aromatic heterocycles. The molecule has 1 aliphatic heterocycles. The second-order valence-electron chi connectivity index (χ2n) is 5.17. The van der Waals surface area contributed by atoms with E-state index in [0.717, 1.165) is 23.2 Å². The second-order valence-corrected chi connectivity index (χ2v) is 5.61. The number of hydrogen-bond donors (Lipinski definition) is 1. The number of aryl methyl sites for hydroxylation is 1. The zero-order valence-corrected chi connectivity index (χ0v) is 12.4. The number of rotatable bonds is 3. The summed E-state index contributed by atoms with van der Waals surface area (Å²) in [7, 11) is 0. The first-order valence-corrected chi connectivity index (χ1v) is 7.33. The van der Waals surface area contributed by atoms with E-state index in [1.165, 1.54) is 5.56 Å². The summed E-state index contributed by atoms with van der Waals surface area (Å²) in [4.78, 5) is 14.5. The Balaban J connectivity index is 1.92. The number of thiocarbonyl (C=S) groups is 1. The van der Waals surface area contributed by atoms with Crippen LogP contribution in [0.25, 0.3) is 0 Å². The number of para-hydroxylation sites is 1. The third-order valence-corrected chi connectivity index (χ3v) is 3.98. The van der Waals surface area contributed by atoms with Gasteiger partial charge >= 0.3 is 0 Å². The van der Waals surface area contributed by atoms with Crippen LogP contribution >= 0.6 is 12.2 Å². The maximum atomic E-state index is 12.3. The van der Waals surface area contributed by atoms with Crippen molar-refractivity contribution in [2.24, 2.45) is 5.73 Å². The Bertz CT molecular complexity index is 711. The second kappa shape index (κ2) is 5.66. The summed E-state index contributed by atoms with van der Waals surface area (Å²) < 4.78 is 0. The number of fused-ring (bicyclic) bond motifs is 1. The van der Waals surface area contributed by atoms with Gasteiger partial charge in [-0.25, -0.2) is 0 Å². The molecule has 1 heterocycles. The normalized spacial score (nSPS) is 13.9. The molecule has 0 unspecified atom stereocenters. The molecule has 0 radical (unpaired) electrons. The van der Waals surface area contributed by atoms with E-state index in [1.54, 1.807) is 0 Å². The van der Waals surface area contributed by atoms with Gasteiger partial charge in [-0.05, 0) is 29.7 Å². The summed E-state index contributed by atoms with van der Waals surface area (Å²) in [6.07, 6.45) is 1.38. The van der Waals surface area contributed by atoms with E-state index >= 15 is 0 Å². The Kier molecular flexibility index (Phi) is 3.71. The molecule has 3 nitrogen and oxygen atoms in total. The lowest BCUT2D eigenvalue weighted by Crippen LogP contribution is -2.34. The largest absolute Gasteiger partial charge is 0.389 e. The third kappa shape index (κ3) is 2.81. The summed E-state index contributed by atoms with van der Waals surface area (Å²) in [5.41, 5.74) is 9.77. The SMILES string of the molecule is NC(=S)c1cccc(CN2C(=O)CCc3ccccc32)c1. The van der Waals surface area contributed by atoms with Gasteiger partial charge in [0.25, 0.3) is 0 Å². The van der Waals surface area contributed by atoms with E-state index in [2.05, 4.69) is 6.07 Å². The van der Waals surface area contributed by atoms with Crippen molar-refractivity contribution in [3.63, 3.8) is 0 Å². The van der Waals surface area contributed by atoms with Crippen LogP contribution < -0.4 is 10.6 Å². The minimum absolute atomic E-state index is 0.162. The molecule has 1 amide bonds. The fourth-order valence-corrected chi connectivity index (χ4v) is 2.80. The highest BCUT2D eigenvalue weighted by Crippen LogP contribution is 2.28. The zero-order chi connectivity index (χ0) is 14.8. The van der Waals surface area contributed by atoms with Crippen LogP contribution in [0.2, 0.25) is 0 Å². The minimum Gasteiger partial charge on any atom is -0.389 e. The van der Waals surface area contributed by atoms with Crippen LogP contribution in [0.15, 0.2) is 48.5 Å². The zero-order valence-electron chi connectivity index (χ0n) is 11.6. The summed E-state index contributed by atoms with van der Waals surface area (Å²) in [5.74, 6) is 0.162. The lowest BCUT2D eigenvalue weighted by molar-refractivity contribution is -0.119. The quantitative estimate of drug-likeness (QED) is 0.886. The Morgan fingerprint density at radius 2 is 1.95 bits per heavy atom. The first kappa shape index (κ1) is 13.8. The smallest absolute Gasteiger partial charge is 0.227 e. The highest BCUT2D eigenvalue weighted by atomic mass is 32.1. The van der Waals surface area contributed by atoms with E-state index < -0.39 is 0 Å². The summed E-state index contributed by atoms with van der Waals surface area (Å²) in [5, 5.41) is 0. The number of anilines is 1. The fourth-order valence-electron chi connectivity index (χ4n) is 2.68. The minimum atomic E-state index is 0.162. The van der Waals surface area contributed by atoms with Crippen molar-refractivity contribution in [3.8, 4) is 0 Å². The van der Waals surface area contributed by atoms with Crippen molar-refractivity contribution >= 4 is 28.8 Å². The molecule has 4 heteroatoms. The maximum absolute atomic E-state index is 12.3. The van der Waals surface area contributed by atoms with Crippen molar-refractivity contribution in [2.75, 3.05) is 4.90 Å². The van der Waals surface area contributed by atoms with E-state index in [9.17, 15) is 4.79 Å². The monoisotopic (exact) mass is 296 g/mol. The van der Waals surface area contributed by atoms with E-state index in [1.807, 2.05) is 47.4 Å². The molecule has 2 N–H and O–H groups in total. The van der Waals surface area contributed by atoms with Gasteiger partial charge in [0.2, 0.25) is 5.91 Å². The van der Waals surface area contributed by atoms with E-state index in [0.29, 0.717) is 18.0 Å². The van der Waals surface area contributed by atoms with Crippen LogP contribution in [0, 0.1) is 0 Å². The molecule has 2 aromatic rings. The highest BCUT2D eigenvalue weighted by molar-refractivity contribution is 7.80. The first-order chi connectivity index (χ1) is 10.1. The van der Waals surface area contributed by atoms with Crippen LogP contribution in [-0.4, -0.2) is 10.9 Å². The van der Waals surface area contributed by atoms with Crippen LogP contribution in [0.3, 0.4) is 0 Å². The average molecular weight is 296 g/mol. The predicted molar refractivity (Wildman–Crippen MR) is 88.3 cm³/mol. The predicted octanol–water partition coefficient (Wildman–Crippen LogP) is 2.80. The van der Waals surface area contributed by atoms with Crippen LogP contribution in [-0.2, 0) is 17.8 Å². The molecule has 3 rings (SSSR count). The Morgan fingerprint density at radius 3 is 2.76 bits per heavy atom. The van der Waals surface area contributed by atoms with E-state index in [4.69, 9.17) is 18.0 Å². The topological polar surface area (TPSA) is 46.3 Å². The van der Waals surface area contributed by atoms with Gasteiger partial charge in [-0.15, -0.1) is 0 Å². The Labute approximate surface area is 129 Å². The van der Waals surface area contributed by atoms with Gasteiger partial charge in [0.05, 0.1) is 6.54 Å². The molecule has 0 saturated heterocycles. The number of benzene rings is 2. The molecule has 0 fully saturated rings. The molecule has 106 valence electrons. The van der Waals surface area contributed by atoms with Gasteiger partial charge in [-0.3, -0.25) is 4.79 Å². The Morgan fingerprint density at radius 1 is 1.14 bits per heavy atom. The van der Waals surface area contributed by atoms with Gasteiger partial charge in [0.1, 0.15) is 4.99 Å². The lowest BCUT2D eigenvalue weighted by atomic mass is 10.0. The van der Waals surface area contributed by atoms with Gasteiger partial charge in [0.15, 0.2) is 0 Å². The summed E-state index contributed by atoms with van der Waals surface area (Å²) in [6.45, 7) is 0.548. The number of amides is 1. The summed E-state index contributed by atoms with van der Waals surface area (Å²) in [6, 6.07) is 15.8. The molecule has 1 aliphatic rings. The van der Waals surface area contributed by atoms with Crippen molar-refractivity contribution < 1.29 is 4.79 Å². The van der Waals surface area contributed by atoms with Crippen molar-refractivity contribution in [2.45, 2.75) is 19.4 Å². The number of carbonyl (C=O) groups excluding carboxylic acids is 1. The van der Waals surface area contributed by atoms with Gasteiger partial charge in [0, 0.05) is 17.7 Å². The molecule has 21 heavy (non-hydrogen) atoms. The number of nitrogens with zero attached hydrogens (tertiary/aromatic N) is 1. The highest BCUT2D eigenvalue weighted by Gasteiger charge is 2.23. The van der Waals surface area contributed by atoms with Gasteiger partial charge < -0.3 is 10.6 Å². The number of nitrogens with two attached hydrogens (primary N) is 1. The third-order valence-electron chi connectivity index (χ3n) is 3.74. The molecule has 0 saturated carbocycles. The molecular weight excluding hydrogens is 280 g/mol. The molecule has 0 aliphatic carbocycles. The molecule has 2 aromatic carbocycles. The van der Waals surface area contributed by atoms with Gasteiger partial charge in [-0.1, -0.05) is 48.6 Å². The molecular formula is C17H16N2OS. The first-order valence-electron chi connectivity index (χ1n) is 6.92. The van der Waals surface area contributed by atoms with Crippen LogP contribution in [0.1, 0.15) is 23.1 Å². The standard InChI is InChI=1S/C17H16N2OS/c18-17(21)14-6-3-4-12(10-14)11-19-15-7-2-1-5-13(15)8-9-16(19)20/h1-7,10H,8-9,11H2,(H2,18,21).